The summed E-state index contributed by atoms with van der Waals surface area (Å²) in [5, 5.41) is 0.369. The van der Waals surface area contributed by atoms with Gasteiger partial charge in [-0.15, -0.1) is 0 Å². The van der Waals surface area contributed by atoms with E-state index in [1.54, 1.807) is 13.0 Å². The molecule has 0 spiro atoms. The molecule has 0 bridgehead atoms. The predicted molar refractivity (Wildman–Crippen MR) is 82.6 cm³/mol. The summed E-state index contributed by atoms with van der Waals surface area (Å²) in [6.07, 6.45) is 0. The third-order valence-electron chi connectivity index (χ3n) is 3.47. The smallest absolute Gasteiger partial charge is 0.264 e. The maximum atomic E-state index is 13.5. The van der Waals surface area contributed by atoms with Crippen molar-refractivity contribution in [3.05, 3.63) is 52.8 Å². The van der Waals surface area contributed by atoms with E-state index in [0.717, 1.165) is 15.9 Å². The van der Waals surface area contributed by atoms with E-state index in [0.29, 0.717) is 10.8 Å². The van der Waals surface area contributed by atoms with Crippen molar-refractivity contribution in [2.24, 2.45) is 0 Å². The van der Waals surface area contributed by atoms with Gasteiger partial charge in [0.25, 0.3) is 10.0 Å². The van der Waals surface area contributed by atoms with Crippen LogP contribution in [0.25, 0.3) is 0 Å². The lowest BCUT2D eigenvalue weighted by Gasteiger charge is -2.30. The van der Waals surface area contributed by atoms with Gasteiger partial charge in [-0.25, -0.2) is 12.8 Å². The van der Waals surface area contributed by atoms with Crippen molar-refractivity contribution in [2.75, 3.05) is 17.5 Å². The van der Waals surface area contributed by atoms with Gasteiger partial charge in [0.05, 0.1) is 17.1 Å². The highest BCUT2D eigenvalue weighted by atomic mass is 35.5. The van der Waals surface area contributed by atoms with Crippen LogP contribution >= 0.6 is 11.6 Å². The van der Waals surface area contributed by atoms with Gasteiger partial charge < -0.3 is 4.74 Å². The molecule has 0 radical (unpaired) electrons. The maximum Gasteiger partial charge on any atom is 0.264 e. The zero-order valence-corrected chi connectivity index (χ0v) is 13.3. The average Bonchev–Trinajstić information content (AvgIpc) is 2.49. The van der Waals surface area contributed by atoms with Gasteiger partial charge in [0.15, 0.2) is 0 Å². The van der Waals surface area contributed by atoms with Crippen LogP contribution in [0.3, 0.4) is 0 Å². The molecule has 7 heteroatoms. The number of nitrogens with zero attached hydrogens (tertiary/aromatic N) is 1. The number of aryl methyl sites for hydroxylation is 1. The summed E-state index contributed by atoms with van der Waals surface area (Å²) in [4.78, 5) is 0.0696. The Kier molecular flexibility index (Phi) is 3.74. The Labute approximate surface area is 133 Å². The molecule has 3 rings (SSSR count). The van der Waals surface area contributed by atoms with Gasteiger partial charge in [-0.1, -0.05) is 17.7 Å². The molecule has 1 heterocycles. The molecule has 0 aliphatic carbocycles. The molecule has 4 nitrogen and oxygen atoms in total. The van der Waals surface area contributed by atoms with Gasteiger partial charge in [-0.05, 0) is 36.8 Å². The molecule has 0 fully saturated rings. The summed E-state index contributed by atoms with van der Waals surface area (Å²) in [6, 6.07) is 8.35. The summed E-state index contributed by atoms with van der Waals surface area (Å²) in [6.45, 7) is 2.11. The van der Waals surface area contributed by atoms with Gasteiger partial charge in [0.1, 0.15) is 18.2 Å². The average molecular weight is 342 g/mol. The first-order valence-corrected chi connectivity index (χ1v) is 8.42. The summed E-state index contributed by atoms with van der Waals surface area (Å²) in [5.41, 5.74) is 0.983. The SMILES string of the molecule is Cc1ccc(S(=O)(=O)N2CCOc3ccc(F)cc32)cc1Cl. The van der Waals surface area contributed by atoms with E-state index in [9.17, 15) is 12.8 Å². The number of rotatable bonds is 2. The molecule has 116 valence electrons. The van der Waals surface area contributed by atoms with Crippen LogP contribution in [0.15, 0.2) is 41.3 Å². The first-order valence-electron chi connectivity index (χ1n) is 6.61. The van der Waals surface area contributed by atoms with Crippen LogP contribution < -0.4 is 9.04 Å². The van der Waals surface area contributed by atoms with Gasteiger partial charge in [-0.3, -0.25) is 4.31 Å². The van der Waals surface area contributed by atoms with E-state index in [1.165, 1.54) is 24.3 Å². The highest BCUT2D eigenvalue weighted by molar-refractivity contribution is 7.92. The molecule has 0 atom stereocenters. The van der Waals surface area contributed by atoms with Crippen LogP contribution in [0.5, 0.6) is 5.75 Å². The highest BCUT2D eigenvalue weighted by Gasteiger charge is 2.30. The van der Waals surface area contributed by atoms with Crippen LogP contribution in [0.1, 0.15) is 5.56 Å². The zero-order valence-electron chi connectivity index (χ0n) is 11.7. The second-order valence-electron chi connectivity index (χ2n) is 4.95. The van der Waals surface area contributed by atoms with Crippen LogP contribution in [-0.4, -0.2) is 21.6 Å². The first kappa shape index (κ1) is 15.1. The van der Waals surface area contributed by atoms with Crippen LogP contribution in [0, 0.1) is 12.7 Å². The molecule has 0 unspecified atom stereocenters. The monoisotopic (exact) mass is 341 g/mol. The van der Waals surface area contributed by atoms with E-state index < -0.39 is 15.8 Å². The number of benzene rings is 2. The van der Waals surface area contributed by atoms with Crippen molar-refractivity contribution >= 4 is 27.3 Å². The lowest BCUT2D eigenvalue weighted by Crippen LogP contribution is -2.38. The Balaban J connectivity index is 2.11. The molecular formula is C15H13ClFNO3S. The first-order chi connectivity index (χ1) is 10.4. The van der Waals surface area contributed by atoms with Crippen molar-refractivity contribution < 1.29 is 17.5 Å². The molecule has 22 heavy (non-hydrogen) atoms. The minimum atomic E-state index is -3.83. The standard InChI is InChI=1S/C15H13ClFNO3S/c1-10-2-4-12(9-13(10)16)22(19,20)18-6-7-21-15-5-3-11(17)8-14(15)18/h2-5,8-9H,6-7H2,1H3. The van der Waals surface area contributed by atoms with E-state index >= 15 is 0 Å². The summed E-state index contributed by atoms with van der Waals surface area (Å²) >= 11 is 6.02. The van der Waals surface area contributed by atoms with Crippen molar-refractivity contribution in [1.82, 2.24) is 0 Å². The fraction of sp³-hybridized carbons (Fsp3) is 0.200. The van der Waals surface area contributed by atoms with E-state index in [4.69, 9.17) is 16.3 Å². The number of halogens is 2. The Morgan fingerprint density at radius 1 is 1.23 bits per heavy atom. The summed E-state index contributed by atoms with van der Waals surface area (Å²) in [7, 11) is -3.83. The lowest BCUT2D eigenvalue weighted by molar-refractivity contribution is 0.315. The molecule has 0 aromatic heterocycles. The minimum absolute atomic E-state index is 0.0696. The molecular weight excluding hydrogens is 329 g/mol. The highest BCUT2D eigenvalue weighted by Crippen LogP contribution is 2.36. The van der Waals surface area contributed by atoms with Crippen LogP contribution in [0.4, 0.5) is 10.1 Å². The third kappa shape index (κ3) is 2.53. The van der Waals surface area contributed by atoms with Crippen molar-refractivity contribution in [3.63, 3.8) is 0 Å². The Morgan fingerprint density at radius 3 is 2.73 bits per heavy atom. The molecule has 0 saturated carbocycles. The Bertz CT molecular complexity index is 839. The van der Waals surface area contributed by atoms with Crippen LogP contribution in [-0.2, 0) is 10.0 Å². The normalized spacial score (nSPS) is 14.4. The fourth-order valence-electron chi connectivity index (χ4n) is 2.28. The Hall–Kier alpha value is -1.79. The van der Waals surface area contributed by atoms with Gasteiger partial charge in [0.2, 0.25) is 0 Å². The molecule has 0 saturated heterocycles. The largest absolute Gasteiger partial charge is 0.489 e. The number of fused-ring (bicyclic) bond motifs is 1. The van der Waals surface area contributed by atoms with Crippen molar-refractivity contribution in [1.29, 1.82) is 0 Å². The minimum Gasteiger partial charge on any atom is -0.489 e. The second kappa shape index (κ2) is 5.44. The number of anilines is 1. The van der Waals surface area contributed by atoms with Crippen molar-refractivity contribution in [3.8, 4) is 5.75 Å². The van der Waals surface area contributed by atoms with E-state index in [-0.39, 0.29) is 23.7 Å². The number of ether oxygens (including phenoxy) is 1. The summed E-state index contributed by atoms with van der Waals surface area (Å²) in [5.74, 6) is -0.180. The van der Waals surface area contributed by atoms with Gasteiger partial charge in [-0.2, -0.15) is 0 Å². The van der Waals surface area contributed by atoms with Gasteiger partial charge >= 0.3 is 0 Å². The quantitative estimate of drug-likeness (QED) is 0.841. The van der Waals surface area contributed by atoms with E-state index in [1.807, 2.05) is 0 Å². The predicted octanol–water partition coefficient (Wildman–Crippen LogP) is 3.38. The molecule has 2 aromatic carbocycles. The maximum absolute atomic E-state index is 13.5. The van der Waals surface area contributed by atoms with Gasteiger partial charge in [0, 0.05) is 11.1 Å². The molecule has 0 N–H and O–H groups in total. The molecule has 2 aromatic rings. The Morgan fingerprint density at radius 2 is 2.00 bits per heavy atom. The van der Waals surface area contributed by atoms with E-state index in [2.05, 4.69) is 0 Å². The fourth-order valence-corrected chi connectivity index (χ4v) is 4.00. The number of hydrogen-bond acceptors (Lipinski definition) is 3. The topological polar surface area (TPSA) is 46.6 Å². The zero-order chi connectivity index (χ0) is 15.9. The number of sulfonamides is 1. The third-order valence-corrected chi connectivity index (χ3v) is 5.69. The molecule has 1 aliphatic rings. The van der Waals surface area contributed by atoms with Crippen LogP contribution in [0.2, 0.25) is 5.02 Å². The second-order valence-corrected chi connectivity index (χ2v) is 7.22. The summed E-state index contributed by atoms with van der Waals surface area (Å²) < 4.78 is 45.6. The molecule has 1 aliphatic heterocycles. The lowest BCUT2D eigenvalue weighted by atomic mass is 10.2. The number of hydrogen-bond donors (Lipinski definition) is 0. The molecule has 0 amide bonds. The van der Waals surface area contributed by atoms with Crippen molar-refractivity contribution in [2.45, 2.75) is 11.8 Å².